The van der Waals surface area contributed by atoms with Crippen molar-refractivity contribution in [1.29, 1.82) is 0 Å². The highest BCUT2D eigenvalue weighted by Gasteiger charge is 2.28. The van der Waals surface area contributed by atoms with Crippen LogP contribution in [0.25, 0.3) is 0 Å². The first-order valence-electron chi connectivity index (χ1n) is 6.32. The van der Waals surface area contributed by atoms with Crippen LogP contribution < -0.4 is 5.32 Å². The summed E-state index contributed by atoms with van der Waals surface area (Å²) in [6.45, 7) is 7.66. The fraction of sp³-hybridized carbons (Fsp3) is 0.615. The molecule has 1 fully saturated rings. The molecule has 0 spiro atoms. The van der Waals surface area contributed by atoms with E-state index in [1.54, 1.807) is 0 Å². The van der Waals surface area contributed by atoms with E-state index in [0.717, 1.165) is 26.2 Å². The van der Waals surface area contributed by atoms with Crippen LogP contribution in [0.3, 0.4) is 0 Å². The van der Waals surface area contributed by atoms with Gasteiger partial charge in [-0.15, -0.1) is 0 Å². The van der Waals surface area contributed by atoms with E-state index in [1.807, 2.05) is 34.0 Å². The van der Waals surface area contributed by atoms with Crippen LogP contribution in [-0.4, -0.2) is 41.6 Å². The van der Waals surface area contributed by atoms with Gasteiger partial charge in [0.1, 0.15) is 6.04 Å². The quantitative estimate of drug-likeness (QED) is 0.852. The second-order valence-corrected chi connectivity index (χ2v) is 4.89. The minimum absolute atomic E-state index is 0.0666. The lowest BCUT2D eigenvalue weighted by atomic mass is 10.0. The number of nitrogens with one attached hydrogen (secondary N) is 1. The number of carbonyl (C=O) groups is 1. The van der Waals surface area contributed by atoms with Crippen molar-refractivity contribution in [1.82, 2.24) is 14.8 Å². The zero-order valence-electron chi connectivity index (χ0n) is 10.6. The third-order valence-electron chi connectivity index (χ3n) is 3.26. The molecule has 0 radical (unpaired) electrons. The molecule has 17 heavy (non-hydrogen) atoms. The number of hydrogen-bond acceptors (Lipinski definition) is 2. The average molecular weight is 235 g/mol. The lowest BCUT2D eigenvalue weighted by Crippen LogP contribution is -2.49. The van der Waals surface area contributed by atoms with Gasteiger partial charge in [0.25, 0.3) is 0 Å². The van der Waals surface area contributed by atoms with E-state index in [0.29, 0.717) is 5.92 Å². The van der Waals surface area contributed by atoms with E-state index in [4.69, 9.17) is 0 Å². The molecular weight excluding hydrogens is 214 g/mol. The second-order valence-electron chi connectivity index (χ2n) is 4.89. The molecule has 1 aliphatic heterocycles. The predicted molar refractivity (Wildman–Crippen MR) is 67.8 cm³/mol. The van der Waals surface area contributed by atoms with Crippen LogP contribution in [0.15, 0.2) is 24.5 Å². The first kappa shape index (κ1) is 12.2. The SMILES string of the molecule is CC(C)C(C(=O)N1CCNCC1)n1cccc1. The standard InChI is InChI=1S/C13H21N3O/c1-11(2)12(15-7-3-4-8-15)13(17)16-9-5-14-6-10-16/h3-4,7-8,11-12,14H,5-6,9-10H2,1-2H3. The van der Waals surface area contributed by atoms with Gasteiger partial charge in [-0.05, 0) is 18.1 Å². The highest BCUT2D eigenvalue weighted by Crippen LogP contribution is 2.21. The number of nitrogens with zero attached hydrogens (tertiary/aromatic N) is 2. The third kappa shape index (κ3) is 2.69. The summed E-state index contributed by atoms with van der Waals surface area (Å²) in [6.07, 6.45) is 3.95. The van der Waals surface area contributed by atoms with Crippen molar-refractivity contribution in [3.63, 3.8) is 0 Å². The Morgan fingerprint density at radius 3 is 2.29 bits per heavy atom. The maximum absolute atomic E-state index is 12.5. The van der Waals surface area contributed by atoms with Crippen LogP contribution >= 0.6 is 0 Å². The van der Waals surface area contributed by atoms with E-state index < -0.39 is 0 Å². The molecule has 2 heterocycles. The van der Waals surface area contributed by atoms with Crippen molar-refractivity contribution in [2.24, 2.45) is 5.92 Å². The van der Waals surface area contributed by atoms with Crippen LogP contribution in [0.2, 0.25) is 0 Å². The number of piperazine rings is 1. The molecule has 1 atom stereocenters. The Morgan fingerprint density at radius 1 is 1.18 bits per heavy atom. The van der Waals surface area contributed by atoms with E-state index in [1.165, 1.54) is 0 Å². The molecule has 1 aromatic heterocycles. The average Bonchev–Trinajstić information content (AvgIpc) is 2.83. The van der Waals surface area contributed by atoms with Gasteiger partial charge in [-0.1, -0.05) is 13.8 Å². The Bertz CT molecular complexity index is 353. The summed E-state index contributed by atoms with van der Waals surface area (Å²) in [5.41, 5.74) is 0. The topological polar surface area (TPSA) is 37.3 Å². The van der Waals surface area contributed by atoms with Crippen molar-refractivity contribution >= 4 is 5.91 Å². The first-order valence-corrected chi connectivity index (χ1v) is 6.32. The number of carbonyl (C=O) groups excluding carboxylic acids is 1. The summed E-state index contributed by atoms with van der Waals surface area (Å²) in [5, 5.41) is 3.27. The largest absolute Gasteiger partial charge is 0.342 e. The molecule has 94 valence electrons. The van der Waals surface area contributed by atoms with Crippen LogP contribution in [0.5, 0.6) is 0 Å². The molecule has 0 bridgehead atoms. The number of rotatable bonds is 3. The molecule has 1 aliphatic rings. The Labute approximate surface area is 103 Å². The highest BCUT2D eigenvalue weighted by molar-refractivity contribution is 5.80. The van der Waals surface area contributed by atoms with Crippen LogP contribution in [0, 0.1) is 5.92 Å². The summed E-state index contributed by atoms with van der Waals surface area (Å²) in [6, 6.07) is 3.88. The molecule has 1 saturated heterocycles. The first-order chi connectivity index (χ1) is 8.20. The zero-order chi connectivity index (χ0) is 12.3. The molecule has 4 heteroatoms. The van der Waals surface area contributed by atoms with Crippen molar-refractivity contribution < 1.29 is 4.79 Å². The molecule has 1 amide bonds. The van der Waals surface area contributed by atoms with Gasteiger partial charge in [-0.2, -0.15) is 0 Å². The Hall–Kier alpha value is -1.29. The zero-order valence-corrected chi connectivity index (χ0v) is 10.6. The molecule has 0 aliphatic carbocycles. The Balaban J connectivity index is 2.13. The maximum atomic E-state index is 12.5. The van der Waals surface area contributed by atoms with E-state index >= 15 is 0 Å². The number of aromatic nitrogens is 1. The van der Waals surface area contributed by atoms with Crippen LogP contribution in [0.4, 0.5) is 0 Å². The molecule has 1 aromatic rings. The normalized spacial score (nSPS) is 18.4. The molecule has 0 aromatic carbocycles. The smallest absolute Gasteiger partial charge is 0.245 e. The lowest BCUT2D eigenvalue weighted by molar-refractivity contribution is -0.136. The van der Waals surface area contributed by atoms with Gasteiger partial charge < -0.3 is 14.8 Å². The molecule has 1 N–H and O–H groups in total. The van der Waals surface area contributed by atoms with Crippen LogP contribution in [-0.2, 0) is 4.79 Å². The van der Waals surface area contributed by atoms with Gasteiger partial charge >= 0.3 is 0 Å². The monoisotopic (exact) mass is 235 g/mol. The third-order valence-corrected chi connectivity index (χ3v) is 3.26. The maximum Gasteiger partial charge on any atom is 0.245 e. The minimum atomic E-state index is -0.0666. The van der Waals surface area contributed by atoms with Crippen LogP contribution in [0.1, 0.15) is 19.9 Å². The van der Waals surface area contributed by atoms with Gasteiger partial charge in [0.05, 0.1) is 0 Å². The van der Waals surface area contributed by atoms with Gasteiger partial charge in [0.15, 0.2) is 0 Å². The second kappa shape index (κ2) is 5.36. The van der Waals surface area contributed by atoms with Crippen molar-refractivity contribution in [3.8, 4) is 0 Å². The molecule has 4 nitrogen and oxygen atoms in total. The van der Waals surface area contributed by atoms with Crippen molar-refractivity contribution in [2.75, 3.05) is 26.2 Å². The van der Waals surface area contributed by atoms with Gasteiger partial charge in [0, 0.05) is 38.6 Å². The molecule has 0 saturated carbocycles. The Kier molecular flexibility index (Phi) is 3.84. The number of amides is 1. The molecule has 2 rings (SSSR count). The van der Waals surface area contributed by atoms with E-state index in [9.17, 15) is 4.79 Å². The van der Waals surface area contributed by atoms with E-state index in [2.05, 4.69) is 19.2 Å². The van der Waals surface area contributed by atoms with Crippen molar-refractivity contribution in [2.45, 2.75) is 19.9 Å². The number of hydrogen-bond donors (Lipinski definition) is 1. The fourth-order valence-corrected chi connectivity index (χ4v) is 2.36. The minimum Gasteiger partial charge on any atom is -0.342 e. The van der Waals surface area contributed by atoms with Crippen molar-refractivity contribution in [3.05, 3.63) is 24.5 Å². The van der Waals surface area contributed by atoms with Gasteiger partial charge in [-0.3, -0.25) is 4.79 Å². The summed E-state index contributed by atoms with van der Waals surface area (Å²) >= 11 is 0. The lowest BCUT2D eigenvalue weighted by Gasteiger charge is -2.33. The van der Waals surface area contributed by atoms with Gasteiger partial charge in [0.2, 0.25) is 5.91 Å². The summed E-state index contributed by atoms with van der Waals surface area (Å²) in [7, 11) is 0. The Morgan fingerprint density at radius 2 is 1.76 bits per heavy atom. The summed E-state index contributed by atoms with van der Waals surface area (Å²) < 4.78 is 2.02. The highest BCUT2D eigenvalue weighted by atomic mass is 16.2. The van der Waals surface area contributed by atoms with Gasteiger partial charge in [-0.25, -0.2) is 0 Å². The fourth-order valence-electron chi connectivity index (χ4n) is 2.36. The summed E-state index contributed by atoms with van der Waals surface area (Å²) in [4.78, 5) is 14.5. The predicted octanol–water partition coefficient (Wildman–Crippen LogP) is 1.12. The molecule has 1 unspecified atom stereocenters. The van der Waals surface area contributed by atoms with E-state index in [-0.39, 0.29) is 11.9 Å². The summed E-state index contributed by atoms with van der Waals surface area (Å²) in [5.74, 6) is 0.558. The molecular formula is C13H21N3O.